The van der Waals surface area contributed by atoms with Crippen molar-refractivity contribution in [1.29, 1.82) is 0 Å². The summed E-state index contributed by atoms with van der Waals surface area (Å²) in [4.78, 5) is 22.6. The van der Waals surface area contributed by atoms with Crippen LogP contribution in [0, 0.1) is 17.0 Å². The smallest absolute Gasteiger partial charge is 0.358 e. The molecule has 0 aromatic carbocycles. The summed E-state index contributed by atoms with van der Waals surface area (Å²) < 4.78 is 2.03. The number of hydrogen-bond donors (Lipinski definition) is 0. The number of ketones is 1. The number of thiophene rings is 1. The lowest BCUT2D eigenvalue weighted by molar-refractivity contribution is -0.390. The first-order chi connectivity index (χ1) is 8.49. The fourth-order valence-electron chi connectivity index (χ4n) is 1.48. The van der Waals surface area contributed by atoms with Crippen LogP contribution < -0.4 is 0 Å². The van der Waals surface area contributed by atoms with Crippen LogP contribution in [0.5, 0.6) is 0 Å². The molecule has 2 rings (SSSR count). The molecule has 0 atom stereocenters. The molecule has 0 aliphatic carbocycles. The van der Waals surface area contributed by atoms with E-state index in [1.807, 2.05) is 0 Å². The van der Waals surface area contributed by atoms with Gasteiger partial charge in [0.15, 0.2) is 5.78 Å². The molecule has 0 unspecified atom stereocenters. The predicted octanol–water partition coefficient (Wildman–Crippen LogP) is 2.81. The first-order valence-corrected chi connectivity index (χ1v) is 6.61. The van der Waals surface area contributed by atoms with Gasteiger partial charge in [-0.2, -0.15) is 4.68 Å². The molecule has 0 saturated carbocycles. The Morgan fingerprint density at radius 1 is 1.67 bits per heavy atom. The van der Waals surface area contributed by atoms with Crippen LogP contribution in [0.2, 0.25) is 0 Å². The van der Waals surface area contributed by atoms with Crippen LogP contribution >= 0.6 is 27.3 Å². The van der Waals surface area contributed by atoms with Crippen molar-refractivity contribution in [2.45, 2.75) is 13.5 Å². The Balaban J connectivity index is 2.20. The number of hydrogen-bond acceptors (Lipinski definition) is 5. The van der Waals surface area contributed by atoms with Crippen molar-refractivity contribution in [3.8, 4) is 0 Å². The lowest BCUT2D eigenvalue weighted by Crippen LogP contribution is -2.10. The minimum Gasteiger partial charge on any atom is -0.358 e. The second-order valence-corrected chi connectivity index (χ2v) is 5.38. The minimum absolute atomic E-state index is 0.00616. The molecule has 0 fully saturated rings. The van der Waals surface area contributed by atoms with Gasteiger partial charge in [0.1, 0.15) is 6.54 Å². The number of aryl methyl sites for hydroxylation is 1. The van der Waals surface area contributed by atoms with Gasteiger partial charge in [-0.1, -0.05) is 0 Å². The highest BCUT2D eigenvalue weighted by Gasteiger charge is 2.20. The summed E-state index contributed by atoms with van der Waals surface area (Å²) in [7, 11) is 0. The topological polar surface area (TPSA) is 78.0 Å². The van der Waals surface area contributed by atoms with Crippen molar-refractivity contribution in [3.05, 3.63) is 42.7 Å². The molecule has 0 bridgehead atoms. The summed E-state index contributed by atoms with van der Waals surface area (Å²) in [6, 6.07) is 1.79. The number of carbonyl (C=O) groups excluding carboxylic acids is 1. The molecule has 0 saturated heterocycles. The Morgan fingerprint density at radius 3 is 2.89 bits per heavy atom. The number of aromatic nitrogens is 2. The Hall–Kier alpha value is -1.54. The van der Waals surface area contributed by atoms with E-state index < -0.39 is 4.92 Å². The molecule has 8 heteroatoms. The summed E-state index contributed by atoms with van der Waals surface area (Å²) in [5, 5.41) is 16.2. The normalized spacial score (nSPS) is 10.6. The first-order valence-electron chi connectivity index (χ1n) is 4.93. The summed E-state index contributed by atoms with van der Waals surface area (Å²) in [6.07, 6.45) is 1.50. The van der Waals surface area contributed by atoms with Gasteiger partial charge in [0.2, 0.25) is 0 Å². The number of halogens is 1. The molecule has 18 heavy (non-hydrogen) atoms. The van der Waals surface area contributed by atoms with Crippen LogP contribution in [-0.2, 0) is 6.54 Å². The number of nitrogens with zero attached hydrogens (tertiary/aromatic N) is 3. The average Bonchev–Trinajstić information content (AvgIpc) is 2.84. The highest BCUT2D eigenvalue weighted by atomic mass is 79.9. The summed E-state index contributed by atoms with van der Waals surface area (Å²) >= 11 is 4.60. The van der Waals surface area contributed by atoms with Crippen LogP contribution in [0.25, 0.3) is 0 Å². The molecule has 2 aromatic heterocycles. The molecule has 0 spiro atoms. The highest BCUT2D eigenvalue weighted by Crippen LogP contribution is 2.24. The van der Waals surface area contributed by atoms with Crippen molar-refractivity contribution >= 4 is 38.9 Å². The SMILES string of the molecule is Cc1cn(CC(=O)c2sccc2Br)nc1[N+](=O)[O-]. The Labute approximate surface area is 115 Å². The number of Topliss-reactive ketones (excluding diaryl/α,β-unsaturated/α-hetero) is 1. The Morgan fingerprint density at radius 2 is 2.39 bits per heavy atom. The van der Waals surface area contributed by atoms with Crippen molar-refractivity contribution in [3.63, 3.8) is 0 Å². The van der Waals surface area contributed by atoms with Gasteiger partial charge >= 0.3 is 5.82 Å². The molecule has 0 aliphatic heterocycles. The van der Waals surface area contributed by atoms with Gasteiger partial charge in [-0.05, 0) is 39.2 Å². The van der Waals surface area contributed by atoms with Gasteiger partial charge in [0.05, 0.1) is 21.7 Å². The van der Waals surface area contributed by atoms with Gasteiger partial charge < -0.3 is 10.1 Å². The van der Waals surface area contributed by atoms with Gasteiger partial charge in [0.25, 0.3) is 0 Å². The van der Waals surface area contributed by atoms with E-state index in [0.29, 0.717) is 10.4 Å². The van der Waals surface area contributed by atoms with E-state index in [2.05, 4.69) is 21.0 Å². The summed E-state index contributed by atoms with van der Waals surface area (Å²) in [5.74, 6) is -0.345. The summed E-state index contributed by atoms with van der Waals surface area (Å²) in [6.45, 7) is 1.58. The number of carbonyl (C=O) groups is 1. The third-order valence-electron chi connectivity index (χ3n) is 2.27. The number of rotatable bonds is 4. The predicted molar refractivity (Wildman–Crippen MR) is 70.0 cm³/mol. The quantitative estimate of drug-likeness (QED) is 0.491. The second-order valence-electron chi connectivity index (χ2n) is 3.61. The Kier molecular flexibility index (Phi) is 3.58. The van der Waals surface area contributed by atoms with Gasteiger partial charge in [-0.3, -0.25) is 4.79 Å². The minimum atomic E-state index is -0.558. The molecule has 0 N–H and O–H groups in total. The van der Waals surface area contributed by atoms with Crippen molar-refractivity contribution in [2.24, 2.45) is 0 Å². The maximum Gasteiger partial charge on any atom is 0.392 e. The largest absolute Gasteiger partial charge is 0.392 e. The maximum absolute atomic E-state index is 11.9. The van der Waals surface area contributed by atoms with Crippen LogP contribution in [-0.4, -0.2) is 20.5 Å². The van der Waals surface area contributed by atoms with Crippen molar-refractivity contribution in [2.75, 3.05) is 0 Å². The van der Waals surface area contributed by atoms with Crippen LogP contribution in [0.3, 0.4) is 0 Å². The maximum atomic E-state index is 11.9. The van der Waals surface area contributed by atoms with Crippen molar-refractivity contribution < 1.29 is 9.72 Å². The fourth-order valence-corrected chi connectivity index (χ4v) is 3.01. The third-order valence-corrected chi connectivity index (χ3v) is 4.15. The molecule has 0 radical (unpaired) electrons. The lowest BCUT2D eigenvalue weighted by atomic mass is 10.3. The standard InChI is InChI=1S/C10H8BrN3O3S/c1-6-4-13(12-10(6)14(16)17)5-8(15)9-7(11)2-3-18-9/h2-4H,5H2,1H3. The van der Waals surface area contributed by atoms with E-state index in [-0.39, 0.29) is 18.1 Å². The molecule has 2 aromatic rings. The molecule has 2 heterocycles. The van der Waals surface area contributed by atoms with Gasteiger partial charge in [-0.25, -0.2) is 0 Å². The molecule has 94 valence electrons. The van der Waals surface area contributed by atoms with E-state index >= 15 is 0 Å². The molecular weight excluding hydrogens is 322 g/mol. The molecular formula is C10H8BrN3O3S. The van der Waals surface area contributed by atoms with Crippen molar-refractivity contribution in [1.82, 2.24) is 9.78 Å². The first kappa shape index (κ1) is 12.9. The van der Waals surface area contributed by atoms with Crippen LogP contribution in [0.15, 0.2) is 22.1 Å². The van der Waals surface area contributed by atoms with Gasteiger partial charge in [-0.15, -0.1) is 11.3 Å². The van der Waals surface area contributed by atoms with Crippen LogP contribution in [0.1, 0.15) is 15.2 Å². The zero-order chi connectivity index (χ0) is 13.3. The van der Waals surface area contributed by atoms with E-state index in [9.17, 15) is 14.9 Å². The Bertz CT molecular complexity index is 620. The number of nitro groups is 1. The molecule has 0 amide bonds. The van der Waals surface area contributed by atoms with E-state index in [1.54, 1.807) is 18.4 Å². The molecule has 6 nitrogen and oxygen atoms in total. The van der Waals surface area contributed by atoms with Gasteiger partial charge in [0, 0.05) is 4.47 Å². The second kappa shape index (κ2) is 4.99. The summed E-state index contributed by atoms with van der Waals surface area (Å²) in [5.41, 5.74) is 0.443. The highest BCUT2D eigenvalue weighted by molar-refractivity contribution is 9.10. The van der Waals surface area contributed by atoms with E-state index in [1.165, 1.54) is 22.2 Å². The third kappa shape index (κ3) is 2.49. The lowest BCUT2D eigenvalue weighted by Gasteiger charge is -1.95. The molecule has 0 aliphatic rings. The zero-order valence-corrected chi connectivity index (χ0v) is 11.7. The fraction of sp³-hybridized carbons (Fsp3) is 0.200. The average molecular weight is 330 g/mol. The zero-order valence-electron chi connectivity index (χ0n) is 9.29. The van der Waals surface area contributed by atoms with E-state index in [0.717, 1.165) is 4.47 Å². The van der Waals surface area contributed by atoms with E-state index in [4.69, 9.17) is 0 Å². The monoisotopic (exact) mass is 329 g/mol. The van der Waals surface area contributed by atoms with Crippen LogP contribution in [0.4, 0.5) is 5.82 Å².